The molecule has 1 nitrogen and oxygen atoms in total. The maximum absolute atomic E-state index is 4.26. The molecule has 1 heterocycles. The molecule has 0 spiro atoms. The zero-order chi connectivity index (χ0) is 7.40. The number of hydrogen-bond donors (Lipinski definition) is 0. The summed E-state index contributed by atoms with van der Waals surface area (Å²) in [4.78, 5) is 4.26. The maximum Gasteiger partial charge on any atom is 0.0471 e. The normalized spacial score (nSPS) is 14.2. The van der Waals surface area contributed by atoms with E-state index in [0.717, 1.165) is 8.58 Å². The van der Waals surface area contributed by atoms with E-state index in [-0.39, 0.29) is 0 Å². The van der Waals surface area contributed by atoms with Gasteiger partial charge < -0.3 is 0 Å². The Bertz CT molecular complexity index is 186. The van der Waals surface area contributed by atoms with Gasteiger partial charge >= 0.3 is 0 Å². The van der Waals surface area contributed by atoms with E-state index in [4.69, 9.17) is 0 Å². The van der Waals surface area contributed by atoms with Crippen LogP contribution in [0.15, 0.2) is 24.4 Å². The Morgan fingerprint density at radius 1 is 1.50 bits per heavy atom. The van der Waals surface area contributed by atoms with Gasteiger partial charge in [0.25, 0.3) is 0 Å². The minimum Gasteiger partial charge on any atom is -0.261 e. The fraction of sp³-hybridized carbons (Fsp3) is 0.375. The Labute approximate surface area is 63.7 Å². The predicted octanol–water partition coefficient (Wildman–Crippen LogP) is 2.45. The summed E-state index contributed by atoms with van der Waals surface area (Å²) in [5.41, 5.74) is 1.84. The second kappa shape index (κ2) is 3.68. The van der Waals surface area contributed by atoms with Crippen molar-refractivity contribution >= 4 is 8.58 Å². The van der Waals surface area contributed by atoms with Crippen LogP contribution in [-0.4, -0.2) is 11.6 Å². The molecule has 0 bridgehead atoms. The smallest absolute Gasteiger partial charge is 0.0471 e. The first-order valence-corrected chi connectivity index (χ1v) is 5.00. The molecule has 0 aliphatic rings. The van der Waals surface area contributed by atoms with Crippen LogP contribution in [0.2, 0.25) is 0 Å². The van der Waals surface area contributed by atoms with E-state index in [1.54, 1.807) is 0 Å². The van der Waals surface area contributed by atoms with Crippen LogP contribution in [0.25, 0.3) is 0 Å². The summed E-state index contributed by atoms with van der Waals surface area (Å²) in [6.07, 6.45) is 1.85. The second-order valence-corrected chi connectivity index (χ2v) is 3.71. The zero-order valence-corrected chi connectivity index (χ0v) is 7.33. The van der Waals surface area contributed by atoms with Gasteiger partial charge in [-0.1, -0.05) is 13.0 Å². The summed E-state index contributed by atoms with van der Waals surface area (Å²) in [7, 11) is 0.946. The average molecular weight is 153 g/mol. The monoisotopic (exact) mass is 153 g/mol. The van der Waals surface area contributed by atoms with Gasteiger partial charge in [-0.3, -0.25) is 4.98 Å². The number of pyridine rings is 1. The highest BCUT2D eigenvalue weighted by Gasteiger charge is 2.00. The van der Waals surface area contributed by atoms with Crippen molar-refractivity contribution < 1.29 is 0 Å². The van der Waals surface area contributed by atoms with Crippen LogP contribution in [0.4, 0.5) is 0 Å². The van der Waals surface area contributed by atoms with Gasteiger partial charge in [-0.2, -0.15) is 0 Å². The number of hydrogen-bond acceptors (Lipinski definition) is 1. The van der Waals surface area contributed by atoms with E-state index in [0.29, 0.717) is 5.66 Å². The lowest BCUT2D eigenvalue weighted by Gasteiger charge is -2.05. The van der Waals surface area contributed by atoms with Crippen LogP contribution in [0.5, 0.6) is 0 Å². The lowest BCUT2D eigenvalue weighted by atomic mass is 10.3. The molecule has 2 unspecified atom stereocenters. The lowest BCUT2D eigenvalue weighted by molar-refractivity contribution is 1.00. The van der Waals surface area contributed by atoms with Gasteiger partial charge in [-0.25, -0.2) is 0 Å². The van der Waals surface area contributed by atoms with Crippen molar-refractivity contribution in [2.24, 2.45) is 0 Å². The van der Waals surface area contributed by atoms with Crippen LogP contribution in [0, 0.1) is 0 Å². The molecule has 54 valence electrons. The van der Waals surface area contributed by atoms with E-state index in [9.17, 15) is 0 Å². The molecule has 0 aromatic carbocycles. The van der Waals surface area contributed by atoms with Crippen LogP contribution in [0.1, 0.15) is 18.3 Å². The third-order valence-electron chi connectivity index (χ3n) is 1.56. The average Bonchev–Trinajstić information content (AvgIpc) is 2.05. The van der Waals surface area contributed by atoms with Crippen LogP contribution in [0.3, 0.4) is 0 Å². The second-order valence-electron chi connectivity index (χ2n) is 2.26. The van der Waals surface area contributed by atoms with Crippen molar-refractivity contribution in [3.8, 4) is 0 Å². The number of aromatic nitrogens is 1. The molecule has 2 heteroatoms. The Hall–Kier alpha value is -0.420. The summed E-state index contributed by atoms with van der Waals surface area (Å²) in [5, 5.41) is 0. The van der Waals surface area contributed by atoms with Crippen molar-refractivity contribution in [3.63, 3.8) is 0 Å². The first kappa shape index (κ1) is 7.68. The lowest BCUT2D eigenvalue weighted by Crippen LogP contribution is -1.88. The third-order valence-corrected chi connectivity index (χ3v) is 2.73. The van der Waals surface area contributed by atoms with Gasteiger partial charge in [0, 0.05) is 17.5 Å². The van der Waals surface area contributed by atoms with Gasteiger partial charge in [0.1, 0.15) is 0 Å². The quantitative estimate of drug-likeness (QED) is 0.594. The van der Waals surface area contributed by atoms with Crippen LogP contribution < -0.4 is 0 Å². The molecule has 1 rings (SSSR count). The van der Waals surface area contributed by atoms with E-state index in [1.807, 2.05) is 18.3 Å². The molecular weight excluding hydrogens is 141 g/mol. The molecular formula is C8H12NP. The van der Waals surface area contributed by atoms with Crippen molar-refractivity contribution in [1.29, 1.82) is 0 Å². The summed E-state index contributed by atoms with van der Waals surface area (Å²) >= 11 is 0. The molecule has 0 saturated carbocycles. The summed E-state index contributed by atoms with van der Waals surface area (Å²) in [6, 6.07) is 6.08. The highest BCUT2D eigenvalue weighted by Crippen LogP contribution is 2.28. The predicted molar refractivity (Wildman–Crippen MR) is 46.9 cm³/mol. The zero-order valence-electron chi connectivity index (χ0n) is 6.33. The number of nitrogens with zero attached hydrogens (tertiary/aromatic N) is 1. The molecule has 0 fully saturated rings. The molecule has 2 atom stereocenters. The van der Waals surface area contributed by atoms with E-state index < -0.39 is 0 Å². The SMILES string of the molecule is CPC(C)c1ccccn1. The summed E-state index contributed by atoms with van der Waals surface area (Å²) in [5.74, 6) is 0. The Morgan fingerprint density at radius 2 is 2.30 bits per heavy atom. The van der Waals surface area contributed by atoms with Crippen LogP contribution >= 0.6 is 8.58 Å². The molecule has 10 heavy (non-hydrogen) atoms. The molecule has 0 radical (unpaired) electrons. The summed E-state index contributed by atoms with van der Waals surface area (Å²) in [6.45, 7) is 4.42. The molecule has 0 N–H and O–H groups in total. The topological polar surface area (TPSA) is 12.9 Å². The summed E-state index contributed by atoms with van der Waals surface area (Å²) < 4.78 is 0. The van der Waals surface area contributed by atoms with Gasteiger partial charge in [0.05, 0.1) is 0 Å². The van der Waals surface area contributed by atoms with Gasteiger partial charge in [0.15, 0.2) is 0 Å². The minimum atomic E-state index is 0.626. The van der Waals surface area contributed by atoms with E-state index in [2.05, 4.69) is 24.6 Å². The largest absolute Gasteiger partial charge is 0.261 e. The van der Waals surface area contributed by atoms with Crippen LogP contribution in [-0.2, 0) is 0 Å². The van der Waals surface area contributed by atoms with Crippen molar-refractivity contribution in [1.82, 2.24) is 4.98 Å². The fourth-order valence-corrected chi connectivity index (χ4v) is 1.25. The fourth-order valence-electron chi connectivity index (χ4n) is 0.780. The van der Waals surface area contributed by atoms with Crippen molar-refractivity contribution in [2.45, 2.75) is 12.6 Å². The Morgan fingerprint density at radius 3 is 2.80 bits per heavy atom. The first-order chi connectivity index (χ1) is 4.84. The molecule has 0 aliphatic carbocycles. The molecule has 1 aromatic heterocycles. The maximum atomic E-state index is 4.26. The molecule has 0 saturated heterocycles. The minimum absolute atomic E-state index is 0.626. The van der Waals surface area contributed by atoms with Gasteiger partial charge in [0.2, 0.25) is 0 Å². The van der Waals surface area contributed by atoms with E-state index >= 15 is 0 Å². The Balaban J connectivity index is 2.75. The van der Waals surface area contributed by atoms with Crippen molar-refractivity contribution in [3.05, 3.63) is 30.1 Å². The van der Waals surface area contributed by atoms with Gasteiger partial charge in [-0.05, 0) is 18.8 Å². The highest BCUT2D eigenvalue weighted by molar-refractivity contribution is 7.37. The number of rotatable bonds is 2. The first-order valence-electron chi connectivity index (χ1n) is 3.43. The third kappa shape index (κ3) is 1.78. The highest BCUT2D eigenvalue weighted by atomic mass is 31.1. The van der Waals surface area contributed by atoms with Gasteiger partial charge in [-0.15, -0.1) is 8.58 Å². The Kier molecular flexibility index (Phi) is 2.82. The molecule has 1 aromatic rings. The van der Waals surface area contributed by atoms with Crippen molar-refractivity contribution in [2.75, 3.05) is 6.66 Å². The molecule has 0 amide bonds. The van der Waals surface area contributed by atoms with E-state index in [1.165, 1.54) is 5.69 Å². The molecule has 0 aliphatic heterocycles. The standard InChI is InChI=1S/C8H12NP/c1-7(10-2)8-5-3-4-6-9-8/h3-7,10H,1-2H3.